The third-order valence-corrected chi connectivity index (χ3v) is 3.97. The van der Waals surface area contributed by atoms with Crippen LogP contribution in [0.4, 0.5) is 4.79 Å². The van der Waals surface area contributed by atoms with Gasteiger partial charge in [0.15, 0.2) is 0 Å². The number of hydrogen-bond donors (Lipinski definition) is 4. The Labute approximate surface area is 154 Å². The molecular formula is C16H22BrN3O5. The summed E-state index contributed by atoms with van der Waals surface area (Å²) >= 11 is 3.32. The number of benzene rings is 1. The summed E-state index contributed by atoms with van der Waals surface area (Å²) in [5, 5.41) is 10.9. The molecule has 1 aromatic rings. The van der Waals surface area contributed by atoms with E-state index in [9.17, 15) is 14.4 Å². The maximum atomic E-state index is 12.2. The zero-order valence-electron chi connectivity index (χ0n) is 14.5. The summed E-state index contributed by atoms with van der Waals surface area (Å²) in [6, 6.07) is 3.93. The van der Waals surface area contributed by atoms with Crippen molar-refractivity contribution >= 4 is 33.8 Å². The number of carbonyl (C=O) groups excluding carboxylic acids is 2. The van der Waals surface area contributed by atoms with Crippen LogP contribution >= 0.6 is 15.9 Å². The molecule has 0 aromatic heterocycles. The van der Waals surface area contributed by atoms with Crippen molar-refractivity contribution in [2.75, 3.05) is 6.61 Å². The van der Waals surface area contributed by atoms with Gasteiger partial charge in [0.2, 0.25) is 0 Å². The van der Waals surface area contributed by atoms with E-state index in [2.05, 4.69) is 32.1 Å². The summed E-state index contributed by atoms with van der Waals surface area (Å²) in [6.45, 7) is 6.92. The Morgan fingerprint density at radius 1 is 1.24 bits per heavy atom. The fourth-order valence-electron chi connectivity index (χ4n) is 1.79. The van der Waals surface area contributed by atoms with E-state index in [1.165, 1.54) is 0 Å². The number of hydrogen-bond acceptors (Lipinski definition) is 4. The van der Waals surface area contributed by atoms with Crippen LogP contribution in [0.25, 0.3) is 0 Å². The van der Waals surface area contributed by atoms with Gasteiger partial charge in [0.05, 0.1) is 12.2 Å². The lowest BCUT2D eigenvalue weighted by Crippen LogP contribution is -2.54. The predicted octanol–water partition coefficient (Wildman–Crippen LogP) is 1.97. The average molecular weight is 416 g/mol. The fourth-order valence-corrected chi connectivity index (χ4v) is 2.16. The van der Waals surface area contributed by atoms with Crippen LogP contribution in [-0.2, 0) is 9.53 Å². The lowest BCUT2D eigenvalue weighted by atomic mass is 10.1. The summed E-state index contributed by atoms with van der Waals surface area (Å²) in [5.74, 6) is -1.24. The third kappa shape index (κ3) is 7.10. The van der Waals surface area contributed by atoms with Gasteiger partial charge < -0.3 is 15.2 Å². The lowest BCUT2D eigenvalue weighted by Gasteiger charge is -2.24. The summed E-state index contributed by atoms with van der Waals surface area (Å²) in [6.07, 6.45) is -1.37. The molecule has 3 amide bonds. The molecule has 8 nitrogen and oxygen atoms in total. The maximum absolute atomic E-state index is 12.2. The van der Waals surface area contributed by atoms with Crippen molar-refractivity contribution in [1.82, 2.24) is 16.2 Å². The second-order valence-corrected chi connectivity index (χ2v) is 7.14. The topological polar surface area (TPSA) is 117 Å². The Balaban J connectivity index is 2.71. The summed E-state index contributed by atoms with van der Waals surface area (Å²) in [5.41, 5.74) is 5.02. The number of hydrazine groups is 1. The molecule has 0 aliphatic heterocycles. The van der Waals surface area contributed by atoms with E-state index in [0.717, 1.165) is 4.47 Å². The van der Waals surface area contributed by atoms with Crippen LogP contribution in [0, 0.1) is 6.92 Å². The molecular weight excluding hydrogens is 394 g/mol. The first-order valence-corrected chi connectivity index (χ1v) is 8.29. The lowest BCUT2D eigenvalue weighted by molar-refractivity contribution is -0.126. The second kappa shape index (κ2) is 8.82. The van der Waals surface area contributed by atoms with Gasteiger partial charge in [-0.15, -0.1) is 0 Å². The molecule has 138 valence electrons. The van der Waals surface area contributed by atoms with Crippen molar-refractivity contribution in [1.29, 1.82) is 0 Å². The quantitative estimate of drug-likeness (QED) is 0.548. The van der Waals surface area contributed by atoms with Gasteiger partial charge in [0, 0.05) is 10.0 Å². The molecule has 9 heteroatoms. The van der Waals surface area contributed by atoms with Crippen molar-refractivity contribution in [2.45, 2.75) is 39.3 Å². The molecule has 4 N–H and O–H groups in total. The number of amides is 3. The highest BCUT2D eigenvalue weighted by molar-refractivity contribution is 9.10. The fraction of sp³-hybridized carbons (Fsp3) is 0.438. The maximum Gasteiger partial charge on any atom is 0.405 e. The molecule has 25 heavy (non-hydrogen) atoms. The van der Waals surface area contributed by atoms with Gasteiger partial charge in [-0.05, 0) is 45.4 Å². The number of ether oxygens (including phenoxy) is 1. The Morgan fingerprint density at radius 3 is 2.44 bits per heavy atom. The monoisotopic (exact) mass is 415 g/mol. The van der Waals surface area contributed by atoms with Crippen LogP contribution in [0.1, 0.15) is 36.7 Å². The van der Waals surface area contributed by atoms with Crippen molar-refractivity contribution in [3.05, 3.63) is 33.8 Å². The molecule has 0 saturated carbocycles. The largest absolute Gasteiger partial charge is 0.465 e. The van der Waals surface area contributed by atoms with E-state index in [1.807, 2.05) is 0 Å². The number of rotatable bonds is 5. The molecule has 0 radical (unpaired) electrons. The van der Waals surface area contributed by atoms with E-state index in [1.54, 1.807) is 45.9 Å². The number of carbonyl (C=O) groups is 3. The normalized spacial score (nSPS) is 12.2. The van der Waals surface area contributed by atoms with E-state index in [4.69, 9.17) is 9.84 Å². The molecule has 1 aromatic carbocycles. The average Bonchev–Trinajstić information content (AvgIpc) is 2.50. The smallest absolute Gasteiger partial charge is 0.405 e. The standard InChI is InChI=1S/C16H22BrN3O5/c1-9-10(6-5-7-11(9)17)13(21)19-20-14(22)12(18-15(23)24)8-25-16(2,3)4/h5-7,12,18H,8H2,1-4H3,(H,19,21)(H,20,22)(H,23,24)/t12-/m1/s1. The van der Waals surface area contributed by atoms with Crippen LogP contribution in [0.15, 0.2) is 22.7 Å². The van der Waals surface area contributed by atoms with E-state index in [0.29, 0.717) is 11.1 Å². The number of halogens is 1. The second-order valence-electron chi connectivity index (χ2n) is 6.28. The van der Waals surface area contributed by atoms with E-state index in [-0.39, 0.29) is 6.61 Å². The Bertz CT molecular complexity index is 658. The summed E-state index contributed by atoms with van der Waals surface area (Å²) in [4.78, 5) is 35.2. The van der Waals surface area contributed by atoms with Gasteiger partial charge in [-0.25, -0.2) is 4.79 Å². The highest BCUT2D eigenvalue weighted by Gasteiger charge is 2.24. The molecule has 0 fully saturated rings. The molecule has 0 aliphatic rings. The van der Waals surface area contributed by atoms with Crippen LogP contribution < -0.4 is 16.2 Å². The molecule has 0 spiro atoms. The molecule has 0 bridgehead atoms. The first kappa shape index (κ1) is 20.9. The molecule has 0 saturated heterocycles. The van der Waals surface area contributed by atoms with E-state index < -0.39 is 29.6 Å². The number of nitrogens with one attached hydrogen (secondary N) is 3. The minimum absolute atomic E-state index is 0.173. The molecule has 0 aliphatic carbocycles. The molecule has 1 atom stereocenters. The van der Waals surface area contributed by atoms with Crippen molar-refractivity contribution in [3.63, 3.8) is 0 Å². The zero-order valence-corrected chi connectivity index (χ0v) is 16.1. The molecule has 0 unspecified atom stereocenters. The van der Waals surface area contributed by atoms with Crippen LogP contribution in [-0.4, -0.2) is 41.3 Å². The summed E-state index contributed by atoms with van der Waals surface area (Å²) < 4.78 is 6.19. The van der Waals surface area contributed by atoms with Crippen molar-refractivity contribution in [2.24, 2.45) is 0 Å². The Kier molecular flexibility index (Phi) is 7.38. The molecule has 0 heterocycles. The van der Waals surface area contributed by atoms with Crippen LogP contribution in [0.2, 0.25) is 0 Å². The van der Waals surface area contributed by atoms with Gasteiger partial charge in [-0.2, -0.15) is 0 Å². The third-order valence-electron chi connectivity index (χ3n) is 3.11. The van der Waals surface area contributed by atoms with Crippen molar-refractivity contribution in [3.8, 4) is 0 Å². The van der Waals surface area contributed by atoms with Crippen LogP contribution in [0.5, 0.6) is 0 Å². The Morgan fingerprint density at radius 2 is 1.88 bits per heavy atom. The SMILES string of the molecule is Cc1c(Br)cccc1C(=O)NNC(=O)[C@@H](COC(C)(C)C)NC(=O)O. The first-order valence-electron chi connectivity index (χ1n) is 7.50. The van der Waals surface area contributed by atoms with Gasteiger partial charge in [-0.1, -0.05) is 22.0 Å². The highest BCUT2D eigenvalue weighted by Crippen LogP contribution is 2.19. The number of carboxylic acid groups (broad SMARTS) is 1. The predicted molar refractivity (Wildman–Crippen MR) is 95.1 cm³/mol. The van der Waals surface area contributed by atoms with Gasteiger partial charge in [0.25, 0.3) is 11.8 Å². The Hall–Kier alpha value is -2.13. The van der Waals surface area contributed by atoms with Gasteiger partial charge in [0.1, 0.15) is 6.04 Å². The highest BCUT2D eigenvalue weighted by atomic mass is 79.9. The molecule has 1 rings (SSSR count). The van der Waals surface area contributed by atoms with Crippen LogP contribution in [0.3, 0.4) is 0 Å². The minimum atomic E-state index is -1.37. The first-order chi connectivity index (χ1) is 11.5. The van der Waals surface area contributed by atoms with Gasteiger partial charge in [-0.3, -0.25) is 20.4 Å². The summed E-state index contributed by atoms with van der Waals surface area (Å²) in [7, 11) is 0. The minimum Gasteiger partial charge on any atom is -0.465 e. The van der Waals surface area contributed by atoms with Crippen molar-refractivity contribution < 1.29 is 24.2 Å². The zero-order chi connectivity index (χ0) is 19.2. The van der Waals surface area contributed by atoms with E-state index >= 15 is 0 Å². The van der Waals surface area contributed by atoms with Gasteiger partial charge >= 0.3 is 6.09 Å².